The molecule has 0 atom stereocenters. The number of morpholine rings is 1. The summed E-state index contributed by atoms with van der Waals surface area (Å²) in [6.07, 6.45) is 4.69. The van der Waals surface area contributed by atoms with Gasteiger partial charge in [0.05, 0.1) is 19.4 Å². The molecule has 2 heterocycles. The Kier molecular flexibility index (Phi) is 2.40. The number of aryl methyl sites for hydroxylation is 1. The van der Waals surface area contributed by atoms with Crippen molar-refractivity contribution in [3.8, 4) is 0 Å². The van der Waals surface area contributed by atoms with Gasteiger partial charge in [0.2, 0.25) is 5.95 Å². The van der Waals surface area contributed by atoms with E-state index >= 15 is 0 Å². The lowest BCUT2D eigenvalue weighted by atomic mass is 10.4. The number of rotatable bonds is 1. The van der Waals surface area contributed by atoms with Crippen molar-refractivity contribution in [1.82, 2.24) is 9.97 Å². The third-order valence-corrected chi connectivity index (χ3v) is 2.00. The standard InChI is InChI=1S/C9H12N3O/c1-8-6-10-9(11-7-8)12-2-4-13-5-3-12/h6H,2-5H2,1H3. The molecule has 1 saturated heterocycles. The molecule has 1 aromatic rings. The van der Waals surface area contributed by atoms with Gasteiger partial charge in [-0.15, -0.1) is 0 Å². The van der Waals surface area contributed by atoms with E-state index in [2.05, 4.69) is 21.1 Å². The van der Waals surface area contributed by atoms with E-state index in [9.17, 15) is 0 Å². The molecule has 1 radical (unpaired) electrons. The Bertz CT molecular complexity index is 267. The fourth-order valence-corrected chi connectivity index (χ4v) is 1.27. The van der Waals surface area contributed by atoms with Gasteiger partial charge in [-0.25, -0.2) is 9.97 Å². The highest BCUT2D eigenvalue weighted by Crippen LogP contribution is 2.07. The monoisotopic (exact) mass is 178 g/mol. The second-order valence-corrected chi connectivity index (χ2v) is 3.06. The van der Waals surface area contributed by atoms with Crippen LogP contribution in [0.4, 0.5) is 5.95 Å². The fraction of sp³-hybridized carbons (Fsp3) is 0.556. The fourth-order valence-electron chi connectivity index (χ4n) is 1.27. The highest BCUT2D eigenvalue weighted by Gasteiger charge is 2.12. The van der Waals surface area contributed by atoms with E-state index in [0.29, 0.717) is 0 Å². The number of hydrogen-bond acceptors (Lipinski definition) is 4. The summed E-state index contributed by atoms with van der Waals surface area (Å²) >= 11 is 0. The minimum absolute atomic E-state index is 0.758. The zero-order chi connectivity index (χ0) is 9.10. The molecule has 13 heavy (non-hydrogen) atoms. The van der Waals surface area contributed by atoms with Crippen molar-refractivity contribution in [1.29, 1.82) is 0 Å². The van der Waals surface area contributed by atoms with Crippen LogP contribution in [0.15, 0.2) is 6.20 Å². The Labute approximate surface area is 77.6 Å². The summed E-state index contributed by atoms with van der Waals surface area (Å²) in [6.45, 7) is 5.20. The summed E-state index contributed by atoms with van der Waals surface area (Å²) in [4.78, 5) is 10.5. The lowest BCUT2D eigenvalue weighted by molar-refractivity contribution is 0.122. The maximum atomic E-state index is 5.24. The summed E-state index contributed by atoms with van der Waals surface area (Å²) in [5, 5.41) is 0. The van der Waals surface area contributed by atoms with E-state index in [-0.39, 0.29) is 0 Å². The molecular weight excluding hydrogens is 166 g/mol. The maximum Gasteiger partial charge on any atom is 0.226 e. The van der Waals surface area contributed by atoms with Crippen LogP contribution in [0.2, 0.25) is 0 Å². The molecule has 0 aromatic carbocycles. The lowest BCUT2D eigenvalue weighted by Crippen LogP contribution is -2.37. The molecule has 1 aliphatic rings. The average molecular weight is 178 g/mol. The first-order valence-corrected chi connectivity index (χ1v) is 4.40. The van der Waals surface area contributed by atoms with Gasteiger partial charge in [0.25, 0.3) is 0 Å². The number of anilines is 1. The SMILES string of the molecule is Cc1[c]nc(N2CCOCC2)nc1. The van der Waals surface area contributed by atoms with Crippen molar-refractivity contribution in [2.75, 3.05) is 31.2 Å². The zero-order valence-electron chi connectivity index (χ0n) is 7.66. The van der Waals surface area contributed by atoms with Gasteiger partial charge in [0.15, 0.2) is 0 Å². The van der Waals surface area contributed by atoms with E-state index in [4.69, 9.17) is 4.74 Å². The summed E-state index contributed by atoms with van der Waals surface area (Å²) in [5.41, 5.74) is 0.969. The Morgan fingerprint density at radius 2 is 2.23 bits per heavy atom. The quantitative estimate of drug-likeness (QED) is 0.624. The Morgan fingerprint density at radius 3 is 2.85 bits per heavy atom. The van der Waals surface area contributed by atoms with Crippen molar-refractivity contribution >= 4 is 5.95 Å². The average Bonchev–Trinajstić information content (AvgIpc) is 2.20. The van der Waals surface area contributed by atoms with Gasteiger partial charge in [-0.2, -0.15) is 0 Å². The van der Waals surface area contributed by atoms with Crippen molar-refractivity contribution in [3.05, 3.63) is 18.0 Å². The molecule has 1 fully saturated rings. The van der Waals surface area contributed by atoms with Crippen LogP contribution in [-0.2, 0) is 4.74 Å². The second kappa shape index (κ2) is 3.70. The molecule has 4 heteroatoms. The van der Waals surface area contributed by atoms with Crippen LogP contribution >= 0.6 is 0 Å². The molecule has 0 amide bonds. The number of ether oxygens (including phenoxy) is 1. The van der Waals surface area contributed by atoms with Crippen LogP contribution in [0.3, 0.4) is 0 Å². The van der Waals surface area contributed by atoms with E-state index < -0.39 is 0 Å². The molecule has 0 N–H and O–H groups in total. The normalized spacial score (nSPS) is 17.5. The molecule has 0 spiro atoms. The first-order chi connectivity index (χ1) is 6.36. The summed E-state index contributed by atoms with van der Waals surface area (Å²) < 4.78 is 5.24. The van der Waals surface area contributed by atoms with E-state index in [0.717, 1.165) is 37.8 Å². The largest absolute Gasteiger partial charge is 0.378 e. The lowest BCUT2D eigenvalue weighted by Gasteiger charge is -2.26. The predicted molar refractivity (Wildman–Crippen MR) is 48.6 cm³/mol. The van der Waals surface area contributed by atoms with Gasteiger partial charge in [-0.1, -0.05) is 0 Å². The van der Waals surface area contributed by atoms with Crippen molar-refractivity contribution in [2.45, 2.75) is 6.92 Å². The highest BCUT2D eigenvalue weighted by molar-refractivity contribution is 5.29. The number of aromatic nitrogens is 2. The van der Waals surface area contributed by atoms with E-state index in [1.807, 2.05) is 6.92 Å². The Balaban J connectivity index is 2.10. The van der Waals surface area contributed by atoms with E-state index in [1.165, 1.54) is 0 Å². The third kappa shape index (κ3) is 1.95. The Morgan fingerprint density at radius 1 is 1.46 bits per heavy atom. The zero-order valence-corrected chi connectivity index (χ0v) is 7.66. The number of hydrogen-bond donors (Lipinski definition) is 0. The van der Waals surface area contributed by atoms with Crippen molar-refractivity contribution < 1.29 is 4.74 Å². The van der Waals surface area contributed by atoms with Gasteiger partial charge < -0.3 is 9.64 Å². The van der Waals surface area contributed by atoms with Crippen LogP contribution in [-0.4, -0.2) is 36.3 Å². The van der Waals surface area contributed by atoms with Crippen LogP contribution in [0, 0.1) is 13.1 Å². The molecule has 1 aliphatic heterocycles. The van der Waals surface area contributed by atoms with Gasteiger partial charge in [0.1, 0.15) is 0 Å². The van der Waals surface area contributed by atoms with Crippen LogP contribution in [0.1, 0.15) is 5.56 Å². The predicted octanol–water partition coefficient (Wildman–Crippen LogP) is 0.422. The number of nitrogens with zero attached hydrogens (tertiary/aromatic N) is 3. The van der Waals surface area contributed by atoms with Gasteiger partial charge in [-0.05, 0) is 12.5 Å². The molecule has 0 unspecified atom stereocenters. The first-order valence-electron chi connectivity index (χ1n) is 4.40. The molecule has 0 saturated carbocycles. The topological polar surface area (TPSA) is 38.2 Å². The third-order valence-electron chi connectivity index (χ3n) is 2.00. The minimum atomic E-state index is 0.758. The minimum Gasteiger partial charge on any atom is -0.378 e. The highest BCUT2D eigenvalue weighted by atomic mass is 16.5. The smallest absolute Gasteiger partial charge is 0.226 e. The summed E-state index contributed by atoms with van der Waals surface area (Å²) in [7, 11) is 0. The molecular formula is C9H12N3O. The van der Waals surface area contributed by atoms with E-state index in [1.54, 1.807) is 6.20 Å². The summed E-state index contributed by atoms with van der Waals surface area (Å²) in [5.74, 6) is 0.758. The van der Waals surface area contributed by atoms with Gasteiger partial charge in [-0.3, -0.25) is 0 Å². The maximum absolute atomic E-state index is 5.24. The van der Waals surface area contributed by atoms with Crippen LogP contribution in [0.25, 0.3) is 0 Å². The van der Waals surface area contributed by atoms with Crippen molar-refractivity contribution in [3.63, 3.8) is 0 Å². The molecule has 4 nitrogen and oxygen atoms in total. The van der Waals surface area contributed by atoms with Crippen molar-refractivity contribution in [2.24, 2.45) is 0 Å². The molecule has 2 rings (SSSR count). The van der Waals surface area contributed by atoms with Crippen LogP contribution < -0.4 is 4.90 Å². The Hall–Kier alpha value is -1.16. The molecule has 69 valence electrons. The molecule has 0 bridgehead atoms. The second-order valence-electron chi connectivity index (χ2n) is 3.06. The van der Waals surface area contributed by atoms with Gasteiger partial charge >= 0.3 is 0 Å². The summed E-state index contributed by atoms with van der Waals surface area (Å²) in [6, 6.07) is 0. The van der Waals surface area contributed by atoms with Gasteiger partial charge in [0, 0.05) is 19.3 Å². The van der Waals surface area contributed by atoms with Crippen LogP contribution in [0.5, 0.6) is 0 Å². The first kappa shape index (κ1) is 8.44. The molecule has 1 aromatic heterocycles. The molecule has 0 aliphatic carbocycles.